The van der Waals surface area contributed by atoms with Gasteiger partial charge in [0.15, 0.2) is 11.5 Å². The molecule has 156 valence electrons. The molecule has 8 nitrogen and oxygen atoms in total. The number of ether oxygens (including phenoxy) is 4. The van der Waals surface area contributed by atoms with Gasteiger partial charge in [-0.1, -0.05) is 0 Å². The third-order valence-corrected chi connectivity index (χ3v) is 4.86. The molecule has 1 heterocycles. The van der Waals surface area contributed by atoms with Crippen LogP contribution in [-0.2, 0) is 14.3 Å². The van der Waals surface area contributed by atoms with Gasteiger partial charge in [-0.3, -0.25) is 19.3 Å². The summed E-state index contributed by atoms with van der Waals surface area (Å²) in [6, 6.07) is 1.47. The van der Waals surface area contributed by atoms with E-state index in [2.05, 4.69) is 4.90 Å². The number of hydrogen-bond acceptors (Lipinski definition) is 8. The van der Waals surface area contributed by atoms with Crippen LogP contribution < -0.4 is 14.2 Å². The summed E-state index contributed by atoms with van der Waals surface area (Å²) in [4.78, 5) is 36.8. The van der Waals surface area contributed by atoms with E-state index in [4.69, 9.17) is 18.9 Å². The quantitative estimate of drug-likeness (QED) is 0.358. The van der Waals surface area contributed by atoms with Crippen molar-refractivity contribution >= 4 is 18.2 Å². The first kappa shape index (κ1) is 24.7. The zero-order valence-electron chi connectivity index (χ0n) is 16.6. The molecular weight excluding hydrogens is 394 g/mol. The molecule has 0 spiro atoms. The Morgan fingerprint density at radius 1 is 1.21 bits per heavy atom. The number of hydrogen-bond donors (Lipinski definition) is 0. The molecule has 0 unspecified atom stereocenters. The van der Waals surface area contributed by atoms with Gasteiger partial charge in [0, 0.05) is 62.2 Å². The van der Waals surface area contributed by atoms with Crippen LogP contribution in [0, 0.1) is 37.7 Å². The van der Waals surface area contributed by atoms with E-state index in [-0.39, 0.29) is 91.6 Å². The molecule has 1 aliphatic heterocycles. The van der Waals surface area contributed by atoms with E-state index in [0.717, 1.165) is 13.0 Å². The maximum absolute atomic E-state index is 12.3. The van der Waals surface area contributed by atoms with Crippen LogP contribution in [0.1, 0.15) is 42.1 Å². The van der Waals surface area contributed by atoms with Crippen LogP contribution in [0.25, 0.3) is 0 Å². The van der Waals surface area contributed by atoms with Gasteiger partial charge in [-0.15, -0.1) is 0 Å². The average molecular weight is 419 g/mol. The fourth-order valence-electron chi connectivity index (χ4n) is 3.60. The van der Waals surface area contributed by atoms with Gasteiger partial charge in [0.05, 0.1) is 20.3 Å². The van der Waals surface area contributed by atoms with Gasteiger partial charge in [-0.2, -0.15) is 0 Å². The Balaban J connectivity index is 0.00000392. The Kier molecular flexibility index (Phi) is 9.69. The van der Waals surface area contributed by atoms with Crippen molar-refractivity contribution in [2.24, 2.45) is 0 Å². The van der Waals surface area contributed by atoms with Crippen LogP contribution in [0.4, 0.5) is 0 Å². The molecular formula is C19H25ArNO7. The van der Waals surface area contributed by atoms with Crippen LogP contribution >= 0.6 is 0 Å². The maximum Gasteiger partial charge on any atom is 0.302 e. The van der Waals surface area contributed by atoms with Crippen molar-refractivity contribution in [2.45, 2.75) is 32.2 Å². The van der Waals surface area contributed by atoms with Gasteiger partial charge in [0.2, 0.25) is 0 Å². The number of esters is 1. The molecule has 0 aliphatic carbocycles. The first-order valence-corrected chi connectivity index (χ1v) is 8.59. The normalized spacial score (nSPS) is 18.8. The summed E-state index contributed by atoms with van der Waals surface area (Å²) in [7, 11) is 4.85. The topological polar surface area (TPSA) is 91.4 Å². The first-order chi connectivity index (χ1) is 12.8. The van der Waals surface area contributed by atoms with Gasteiger partial charge in [-0.05, 0) is 26.9 Å². The minimum absolute atomic E-state index is 0. The van der Waals surface area contributed by atoms with Gasteiger partial charge in [0.1, 0.15) is 23.7 Å². The summed E-state index contributed by atoms with van der Waals surface area (Å²) in [6.07, 6.45) is 0.720. The average Bonchev–Trinajstić information content (AvgIpc) is 2.98. The second kappa shape index (κ2) is 11.0. The Labute approximate surface area is 194 Å². The molecule has 0 radical (unpaired) electrons. The van der Waals surface area contributed by atoms with Crippen molar-refractivity contribution < 1.29 is 71.1 Å². The molecule has 0 N–H and O–H groups in total. The number of ketones is 1. The molecule has 1 fully saturated rings. The SMILES string of the molecule is COc1cc(OC)c([C@@H]2CCN(C)[C@H]2COC(C)=O)c(OC=O)c1C(C)=O.[Ar]. The molecule has 9 heteroatoms. The fraction of sp³-hybridized carbons (Fsp3) is 0.526. The number of methoxy groups -OCH3 is 2. The number of Topliss-reactive ketones (excluding diaryl/α,β-unsaturated/α-hetero) is 1. The van der Waals surface area contributed by atoms with E-state index >= 15 is 0 Å². The predicted molar refractivity (Wildman–Crippen MR) is 96.7 cm³/mol. The summed E-state index contributed by atoms with van der Waals surface area (Å²) >= 11 is 0. The third-order valence-electron chi connectivity index (χ3n) is 4.86. The van der Waals surface area contributed by atoms with E-state index in [0.29, 0.717) is 11.3 Å². The molecule has 2 rings (SSSR count). The summed E-state index contributed by atoms with van der Waals surface area (Å²) < 4.78 is 21.3. The van der Waals surface area contributed by atoms with Gasteiger partial charge < -0.3 is 18.9 Å². The van der Waals surface area contributed by atoms with Crippen LogP contribution in [-0.4, -0.2) is 63.6 Å². The monoisotopic (exact) mass is 419 g/mol. The molecule has 1 saturated heterocycles. The number of nitrogens with zero attached hydrogens (tertiary/aromatic N) is 1. The second-order valence-electron chi connectivity index (χ2n) is 6.41. The largest absolute Gasteiger partial charge is 0.496 e. The number of rotatable bonds is 8. The summed E-state index contributed by atoms with van der Waals surface area (Å²) in [6.45, 7) is 3.95. The Morgan fingerprint density at radius 2 is 1.86 bits per heavy atom. The Bertz CT molecular complexity index is 737. The van der Waals surface area contributed by atoms with Crippen molar-refractivity contribution in [3.05, 3.63) is 17.2 Å². The summed E-state index contributed by atoms with van der Waals surface area (Å²) in [5, 5.41) is 0. The minimum Gasteiger partial charge on any atom is -0.496 e. The second-order valence-corrected chi connectivity index (χ2v) is 6.41. The molecule has 1 aromatic carbocycles. The predicted octanol–water partition coefficient (Wildman–Crippen LogP) is 1.79. The van der Waals surface area contributed by atoms with E-state index < -0.39 is 0 Å². The van der Waals surface area contributed by atoms with Gasteiger partial charge >= 0.3 is 5.97 Å². The van der Waals surface area contributed by atoms with Gasteiger partial charge in [-0.25, -0.2) is 0 Å². The number of likely N-dealkylation sites (tertiary alicyclic amines) is 1. The van der Waals surface area contributed by atoms with Crippen LogP contribution in [0.3, 0.4) is 0 Å². The van der Waals surface area contributed by atoms with Crippen molar-refractivity contribution in [2.75, 3.05) is 34.4 Å². The van der Waals surface area contributed by atoms with Crippen LogP contribution in [0.5, 0.6) is 17.2 Å². The maximum atomic E-state index is 12.3. The van der Waals surface area contributed by atoms with Crippen molar-refractivity contribution in [3.63, 3.8) is 0 Å². The van der Waals surface area contributed by atoms with Crippen molar-refractivity contribution in [3.8, 4) is 17.2 Å². The number of carbonyl (C=O) groups excluding carboxylic acids is 3. The molecule has 1 aromatic rings. The van der Waals surface area contributed by atoms with Crippen molar-refractivity contribution in [1.82, 2.24) is 4.90 Å². The first-order valence-electron chi connectivity index (χ1n) is 8.59. The van der Waals surface area contributed by atoms with E-state index in [1.807, 2.05) is 7.05 Å². The van der Waals surface area contributed by atoms with E-state index in [1.54, 1.807) is 6.07 Å². The molecule has 28 heavy (non-hydrogen) atoms. The number of carbonyl (C=O) groups is 3. The number of likely N-dealkylation sites (N-methyl/N-ethyl adjacent to an activating group) is 1. The standard InChI is InChI=1S/C19H25NO7.Ar/c1-11(22)17-15(24-4)8-16(25-5)18(19(17)27-10-21)13-6-7-20(3)14(13)9-26-12(2)23;/h8,10,13-14H,6-7,9H2,1-5H3;/t13-,14+;/m1./s1. The zero-order valence-corrected chi connectivity index (χ0v) is 17.3. The summed E-state index contributed by atoms with van der Waals surface area (Å²) in [5.74, 6) is 0.00905. The molecule has 1 aliphatic rings. The van der Waals surface area contributed by atoms with Crippen LogP contribution in [0.15, 0.2) is 6.07 Å². The molecule has 0 saturated carbocycles. The summed E-state index contributed by atoms with van der Waals surface area (Å²) in [5.41, 5.74) is 0.776. The Morgan fingerprint density at radius 3 is 2.36 bits per heavy atom. The molecule has 0 bridgehead atoms. The number of benzene rings is 1. The minimum atomic E-state index is -0.371. The molecule has 0 amide bonds. The fourth-order valence-corrected chi connectivity index (χ4v) is 3.60. The van der Waals surface area contributed by atoms with Gasteiger partial charge in [0.25, 0.3) is 6.47 Å². The van der Waals surface area contributed by atoms with Crippen LogP contribution in [0.2, 0.25) is 0 Å². The Hall–Kier alpha value is -1.35. The smallest absolute Gasteiger partial charge is 0.302 e. The third kappa shape index (κ3) is 5.17. The molecule has 0 aromatic heterocycles. The van der Waals surface area contributed by atoms with Crippen molar-refractivity contribution in [1.29, 1.82) is 0 Å². The molecule has 2 atom stereocenters. The van der Waals surface area contributed by atoms with E-state index in [9.17, 15) is 14.4 Å². The zero-order chi connectivity index (χ0) is 20.1. The van der Waals surface area contributed by atoms with E-state index in [1.165, 1.54) is 28.1 Å².